The minimum atomic E-state index is -0.217. The second kappa shape index (κ2) is 12.0. The van der Waals surface area contributed by atoms with Gasteiger partial charge in [0.15, 0.2) is 5.96 Å². The molecule has 0 aromatic carbocycles. The number of aryl methyl sites for hydroxylation is 2. The van der Waals surface area contributed by atoms with Crippen LogP contribution in [0.1, 0.15) is 43.7 Å². The zero-order valence-corrected chi connectivity index (χ0v) is 19.0. The Morgan fingerprint density at radius 2 is 2.04 bits per heavy atom. The SMILES string of the molecule is CCNC(=NCCc1c(C)noc1C)NC1CCN(C(=O)OCC)CC1.I. The predicted octanol–water partition coefficient (Wildman–Crippen LogP) is 2.63. The molecule has 1 aromatic heterocycles. The highest BCUT2D eigenvalue weighted by Crippen LogP contribution is 2.13. The van der Waals surface area contributed by atoms with Gasteiger partial charge >= 0.3 is 6.09 Å². The van der Waals surface area contributed by atoms with Gasteiger partial charge in [-0.2, -0.15) is 0 Å². The fourth-order valence-electron chi connectivity index (χ4n) is 3.07. The second-order valence-electron chi connectivity index (χ2n) is 6.42. The molecular formula is C18H32IN5O3. The van der Waals surface area contributed by atoms with Gasteiger partial charge in [0.2, 0.25) is 0 Å². The average molecular weight is 493 g/mol. The summed E-state index contributed by atoms with van der Waals surface area (Å²) < 4.78 is 10.3. The number of rotatable bonds is 6. The van der Waals surface area contributed by atoms with Crippen LogP contribution >= 0.6 is 24.0 Å². The quantitative estimate of drug-likeness (QED) is 0.360. The van der Waals surface area contributed by atoms with E-state index in [1.165, 1.54) is 0 Å². The number of ether oxygens (including phenoxy) is 1. The Hall–Kier alpha value is -1.52. The Balaban J connectivity index is 0.00000364. The van der Waals surface area contributed by atoms with Crippen LogP contribution in [0.25, 0.3) is 0 Å². The number of likely N-dealkylation sites (tertiary alicyclic amines) is 1. The number of guanidine groups is 1. The molecule has 1 fully saturated rings. The van der Waals surface area contributed by atoms with Gasteiger partial charge in [-0.3, -0.25) is 4.99 Å². The summed E-state index contributed by atoms with van der Waals surface area (Å²) in [5.41, 5.74) is 2.06. The molecule has 154 valence electrons. The smallest absolute Gasteiger partial charge is 0.409 e. The highest BCUT2D eigenvalue weighted by atomic mass is 127. The van der Waals surface area contributed by atoms with E-state index in [9.17, 15) is 4.79 Å². The van der Waals surface area contributed by atoms with E-state index < -0.39 is 0 Å². The zero-order valence-electron chi connectivity index (χ0n) is 16.7. The molecule has 8 nitrogen and oxygen atoms in total. The van der Waals surface area contributed by atoms with Gasteiger partial charge in [0.25, 0.3) is 0 Å². The highest BCUT2D eigenvalue weighted by Gasteiger charge is 2.24. The van der Waals surface area contributed by atoms with Gasteiger partial charge in [-0.05, 0) is 47.0 Å². The molecule has 2 rings (SSSR count). The molecule has 1 saturated heterocycles. The largest absolute Gasteiger partial charge is 0.450 e. The zero-order chi connectivity index (χ0) is 18.9. The summed E-state index contributed by atoms with van der Waals surface area (Å²) in [5.74, 6) is 1.68. The molecule has 9 heteroatoms. The Kier molecular flexibility index (Phi) is 10.5. The monoisotopic (exact) mass is 493 g/mol. The first-order valence-corrected chi connectivity index (χ1v) is 9.43. The maximum Gasteiger partial charge on any atom is 0.409 e. The molecule has 1 aliphatic rings. The Labute approximate surface area is 178 Å². The van der Waals surface area contributed by atoms with Crippen LogP contribution in [0.3, 0.4) is 0 Å². The summed E-state index contributed by atoms with van der Waals surface area (Å²) in [6, 6.07) is 0.303. The van der Waals surface area contributed by atoms with Crippen molar-refractivity contribution in [1.82, 2.24) is 20.7 Å². The van der Waals surface area contributed by atoms with Crippen molar-refractivity contribution in [3.05, 3.63) is 17.0 Å². The minimum absolute atomic E-state index is 0. The van der Waals surface area contributed by atoms with Crippen molar-refractivity contribution in [2.24, 2.45) is 4.99 Å². The number of piperidine rings is 1. The van der Waals surface area contributed by atoms with E-state index in [1.807, 2.05) is 20.8 Å². The molecule has 0 atom stereocenters. The number of carbonyl (C=O) groups excluding carboxylic acids is 1. The molecule has 0 aliphatic carbocycles. The fraction of sp³-hybridized carbons (Fsp3) is 0.722. The van der Waals surface area contributed by atoms with Crippen LogP contribution in [0, 0.1) is 13.8 Å². The first kappa shape index (κ1) is 23.5. The number of nitrogens with one attached hydrogen (secondary N) is 2. The van der Waals surface area contributed by atoms with E-state index in [-0.39, 0.29) is 30.1 Å². The third-order valence-electron chi connectivity index (χ3n) is 4.52. The summed E-state index contributed by atoms with van der Waals surface area (Å²) >= 11 is 0. The van der Waals surface area contributed by atoms with E-state index in [0.29, 0.717) is 32.3 Å². The molecule has 0 spiro atoms. The highest BCUT2D eigenvalue weighted by molar-refractivity contribution is 14.0. The molecule has 27 heavy (non-hydrogen) atoms. The van der Waals surface area contributed by atoms with Gasteiger partial charge in [0.05, 0.1) is 12.3 Å². The lowest BCUT2D eigenvalue weighted by atomic mass is 10.1. The molecule has 2 N–H and O–H groups in total. The maximum atomic E-state index is 11.8. The lowest BCUT2D eigenvalue weighted by Gasteiger charge is -2.32. The number of nitrogens with zero attached hydrogens (tertiary/aromatic N) is 3. The number of carbonyl (C=O) groups is 1. The average Bonchev–Trinajstić information content (AvgIpc) is 2.94. The Bertz CT molecular complexity index is 593. The number of aliphatic imine (C=N–C) groups is 1. The molecular weight excluding hydrogens is 461 g/mol. The predicted molar refractivity (Wildman–Crippen MR) is 116 cm³/mol. The van der Waals surface area contributed by atoms with Crippen LogP contribution in [0.15, 0.2) is 9.52 Å². The molecule has 1 aliphatic heterocycles. The third-order valence-corrected chi connectivity index (χ3v) is 4.52. The van der Waals surface area contributed by atoms with Crippen LogP contribution in [0.5, 0.6) is 0 Å². The molecule has 0 unspecified atom stereocenters. The first-order valence-electron chi connectivity index (χ1n) is 9.43. The van der Waals surface area contributed by atoms with Crippen molar-refractivity contribution < 1.29 is 14.1 Å². The van der Waals surface area contributed by atoms with E-state index in [2.05, 4.69) is 27.7 Å². The first-order chi connectivity index (χ1) is 12.5. The number of amides is 1. The van der Waals surface area contributed by atoms with Gasteiger partial charge in [0.1, 0.15) is 5.76 Å². The Morgan fingerprint density at radius 1 is 1.33 bits per heavy atom. The van der Waals surface area contributed by atoms with Crippen LogP contribution in [-0.2, 0) is 11.2 Å². The molecule has 2 heterocycles. The number of hydrogen-bond donors (Lipinski definition) is 2. The van der Waals surface area contributed by atoms with Crippen molar-refractivity contribution in [2.75, 3.05) is 32.8 Å². The lowest BCUT2D eigenvalue weighted by Crippen LogP contribution is -2.50. The van der Waals surface area contributed by atoms with Crippen molar-refractivity contribution in [1.29, 1.82) is 0 Å². The van der Waals surface area contributed by atoms with E-state index >= 15 is 0 Å². The molecule has 1 aromatic rings. The van der Waals surface area contributed by atoms with E-state index in [4.69, 9.17) is 9.26 Å². The van der Waals surface area contributed by atoms with Gasteiger partial charge in [-0.15, -0.1) is 24.0 Å². The molecule has 0 radical (unpaired) electrons. The maximum absolute atomic E-state index is 11.8. The van der Waals surface area contributed by atoms with Gasteiger partial charge in [-0.1, -0.05) is 5.16 Å². The van der Waals surface area contributed by atoms with Gasteiger partial charge in [0, 0.05) is 37.8 Å². The topological polar surface area (TPSA) is 92.0 Å². The summed E-state index contributed by atoms with van der Waals surface area (Å²) in [7, 11) is 0. The molecule has 0 saturated carbocycles. The van der Waals surface area contributed by atoms with Crippen molar-refractivity contribution in [2.45, 2.75) is 53.0 Å². The Morgan fingerprint density at radius 3 is 2.59 bits per heavy atom. The van der Waals surface area contributed by atoms with Crippen LogP contribution < -0.4 is 10.6 Å². The van der Waals surface area contributed by atoms with Crippen LogP contribution in [-0.4, -0.2) is 60.9 Å². The molecule has 0 bridgehead atoms. The summed E-state index contributed by atoms with van der Waals surface area (Å²) in [4.78, 5) is 18.2. The molecule has 1 amide bonds. The normalized spacial score (nSPS) is 15.3. The minimum Gasteiger partial charge on any atom is -0.450 e. The van der Waals surface area contributed by atoms with E-state index in [1.54, 1.807) is 4.90 Å². The summed E-state index contributed by atoms with van der Waals surface area (Å²) in [5, 5.41) is 10.7. The van der Waals surface area contributed by atoms with E-state index in [0.717, 1.165) is 48.8 Å². The van der Waals surface area contributed by atoms with Crippen molar-refractivity contribution in [3.8, 4) is 0 Å². The fourth-order valence-corrected chi connectivity index (χ4v) is 3.07. The lowest BCUT2D eigenvalue weighted by molar-refractivity contribution is 0.0963. The summed E-state index contributed by atoms with van der Waals surface area (Å²) in [6.07, 6.45) is 2.35. The summed E-state index contributed by atoms with van der Waals surface area (Å²) in [6.45, 7) is 11.1. The number of hydrogen-bond acceptors (Lipinski definition) is 5. The third kappa shape index (κ3) is 7.19. The van der Waals surface area contributed by atoms with Crippen LogP contribution in [0.2, 0.25) is 0 Å². The van der Waals surface area contributed by atoms with Crippen molar-refractivity contribution >= 4 is 36.0 Å². The number of halogens is 1. The van der Waals surface area contributed by atoms with Gasteiger partial charge in [-0.25, -0.2) is 4.79 Å². The second-order valence-corrected chi connectivity index (χ2v) is 6.42. The van der Waals surface area contributed by atoms with Gasteiger partial charge < -0.3 is 24.8 Å². The number of aromatic nitrogens is 1. The van der Waals surface area contributed by atoms with Crippen molar-refractivity contribution in [3.63, 3.8) is 0 Å². The standard InChI is InChI=1S/C18H31N5O3.HI/c1-5-19-17(20-10-7-16-13(3)22-26-14(16)4)21-15-8-11-23(12-9-15)18(24)25-6-2;/h15H,5-12H2,1-4H3,(H2,19,20,21);1H. The van der Waals surface area contributed by atoms with Crippen LogP contribution in [0.4, 0.5) is 4.79 Å².